The topological polar surface area (TPSA) is 43.8 Å². The molecule has 0 spiro atoms. The molecule has 20 heavy (non-hydrogen) atoms. The molecule has 0 amide bonds. The average molecular weight is 422 g/mol. The second kappa shape index (κ2) is 6.60. The molecule has 2 N–H and O–H groups in total. The van der Waals surface area contributed by atoms with Crippen molar-refractivity contribution < 1.29 is 0 Å². The molecular formula is C14H16Br2ClN3. The Kier molecular flexibility index (Phi) is 5.29. The van der Waals surface area contributed by atoms with Crippen LogP contribution in [0.1, 0.15) is 29.9 Å². The summed E-state index contributed by atoms with van der Waals surface area (Å²) in [6.45, 7) is 2.04. The lowest BCUT2D eigenvalue weighted by Gasteiger charge is -2.15. The van der Waals surface area contributed by atoms with Crippen LogP contribution >= 0.6 is 43.5 Å². The maximum Gasteiger partial charge on any atom is 0.0850 e. The van der Waals surface area contributed by atoms with Gasteiger partial charge in [0.15, 0.2) is 0 Å². The fourth-order valence-corrected chi connectivity index (χ4v) is 3.45. The summed E-state index contributed by atoms with van der Waals surface area (Å²) in [5.41, 5.74) is 9.28. The fourth-order valence-electron chi connectivity index (χ4n) is 2.16. The van der Waals surface area contributed by atoms with E-state index < -0.39 is 0 Å². The summed E-state index contributed by atoms with van der Waals surface area (Å²) in [7, 11) is 1.91. The zero-order valence-electron chi connectivity index (χ0n) is 11.3. The van der Waals surface area contributed by atoms with Gasteiger partial charge in [-0.2, -0.15) is 5.10 Å². The van der Waals surface area contributed by atoms with Crippen LogP contribution in [0.25, 0.3) is 0 Å². The Bertz CT molecular complexity index is 625. The fraction of sp³-hybridized carbons (Fsp3) is 0.357. The van der Waals surface area contributed by atoms with E-state index in [0.29, 0.717) is 6.42 Å². The predicted molar refractivity (Wildman–Crippen MR) is 90.1 cm³/mol. The third-order valence-corrected chi connectivity index (χ3v) is 4.93. The molecule has 0 aliphatic carbocycles. The van der Waals surface area contributed by atoms with Gasteiger partial charge in [-0.1, -0.05) is 50.4 Å². The standard InChI is InChI=1S/C14H16Br2ClN3/c1-3-12-14(17)13(20(2)19-12)7-11(18)9-6-8(15)4-5-10(9)16/h4-6,11H,3,7,18H2,1-2H3. The summed E-state index contributed by atoms with van der Waals surface area (Å²) in [6.07, 6.45) is 1.47. The van der Waals surface area contributed by atoms with Gasteiger partial charge in [-0.25, -0.2) is 0 Å². The summed E-state index contributed by atoms with van der Waals surface area (Å²) in [5, 5.41) is 5.16. The van der Waals surface area contributed by atoms with E-state index in [0.717, 1.165) is 37.3 Å². The van der Waals surface area contributed by atoms with Crippen molar-refractivity contribution in [3.8, 4) is 0 Å². The van der Waals surface area contributed by atoms with E-state index in [-0.39, 0.29) is 6.04 Å². The van der Waals surface area contributed by atoms with Crippen LogP contribution in [0.15, 0.2) is 27.1 Å². The number of hydrogen-bond donors (Lipinski definition) is 1. The molecule has 3 nitrogen and oxygen atoms in total. The highest BCUT2D eigenvalue weighted by Crippen LogP contribution is 2.30. The van der Waals surface area contributed by atoms with Crippen molar-refractivity contribution in [2.24, 2.45) is 12.8 Å². The Morgan fingerprint density at radius 2 is 2.10 bits per heavy atom. The largest absolute Gasteiger partial charge is 0.324 e. The normalized spacial score (nSPS) is 12.7. The number of aryl methyl sites for hydroxylation is 2. The minimum Gasteiger partial charge on any atom is -0.324 e. The Labute approximate surface area is 140 Å². The van der Waals surface area contributed by atoms with Gasteiger partial charge in [0.1, 0.15) is 0 Å². The van der Waals surface area contributed by atoms with Crippen molar-refractivity contribution in [2.75, 3.05) is 0 Å². The molecule has 2 rings (SSSR count). The van der Waals surface area contributed by atoms with Gasteiger partial charge in [-0.15, -0.1) is 0 Å². The van der Waals surface area contributed by atoms with Crippen LogP contribution in [0.2, 0.25) is 5.02 Å². The van der Waals surface area contributed by atoms with Gasteiger partial charge in [0.25, 0.3) is 0 Å². The van der Waals surface area contributed by atoms with Gasteiger partial charge < -0.3 is 5.73 Å². The number of nitrogens with two attached hydrogens (primary N) is 1. The SMILES string of the molecule is CCc1nn(C)c(CC(N)c2cc(Br)ccc2Br)c1Cl. The van der Waals surface area contributed by atoms with Crippen molar-refractivity contribution in [1.29, 1.82) is 0 Å². The van der Waals surface area contributed by atoms with Crippen LogP contribution in [0.5, 0.6) is 0 Å². The van der Waals surface area contributed by atoms with Gasteiger partial charge in [0, 0.05) is 28.5 Å². The first kappa shape index (κ1) is 16.0. The molecular weight excluding hydrogens is 405 g/mol. The van der Waals surface area contributed by atoms with E-state index in [2.05, 4.69) is 37.0 Å². The molecule has 0 saturated carbocycles. The van der Waals surface area contributed by atoms with Crippen molar-refractivity contribution in [1.82, 2.24) is 9.78 Å². The first-order chi connectivity index (χ1) is 9.43. The van der Waals surface area contributed by atoms with Gasteiger partial charge in [-0.05, 0) is 30.2 Å². The summed E-state index contributed by atoms with van der Waals surface area (Å²) >= 11 is 13.4. The molecule has 0 saturated heterocycles. The summed E-state index contributed by atoms with van der Waals surface area (Å²) < 4.78 is 3.84. The Morgan fingerprint density at radius 3 is 2.70 bits per heavy atom. The maximum atomic E-state index is 6.37. The molecule has 1 aromatic carbocycles. The lowest BCUT2D eigenvalue weighted by Crippen LogP contribution is -2.16. The molecule has 1 heterocycles. The van der Waals surface area contributed by atoms with Crippen LogP contribution in [0, 0.1) is 0 Å². The summed E-state index contributed by atoms with van der Waals surface area (Å²) in [4.78, 5) is 0. The third-order valence-electron chi connectivity index (χ3n) is 3.27. The summed E-state index contributed by atoms with van der Waals surface area (Å²) in [5.74, 6) is 0. The molecule has 0 aliphatic heterocycles. The Balaban J connectivity index is 2.30. The Morgan fingerprint density at radius 1 is 1.40 bits per heavy atom. The van der Waals surface area contributed by atoms with Crippen LogP contribution < -0.4 is 5.73 Å². The monoisotopic (exact) mass is 419 g/mol. The minimum absolute atomic E-state index is 0.139. The van der Waals surface area contributed by atoms with Crippen LogP contribution in [-0.4, -0.2) is 9.78 Å². The number of hydrogen-bond acceptors (Lipinski definition) is 2. The van der Waals surface area contributed by atoms with Crippen molar-refractivity contribution in [3.63, 3.8) is 0 Å². The first-order valence-electron chi connectivity index (χ1n) is 6.34. The predicted octanol–water partition coefficient (Wildman–Crippen LogP) is 4.40. The molecule has 108 valence electrons. The van der Waals surface area contributed by atoms with Crippen molar-refractivity contribution in [2.45, 2.75) is 25.8 Å². The molecule has 2 aromatic rings. The zero-order valence-corrected chi connectivity index (χ0v) is 15.3. The van der Waals surface area contributed by atoms with Gasteiger partial charge >= 0.3 is 0 Å². The number of rotatable bonds is 4. The van der Waals surface area contributed by atoms with Gasteiger partial charge in [-0.3, -0.25) is 4.68 Å². The Hall–Kier alpha value is -0.360. The summed E-state index contributed by atoms with van der Waals surface area (Å²) in [6, 6.07) is 5.85. The van der Waals surface area contributed by atoms with Gasteiger partial charge in [0.2, 0.25) is 0 Å². The molecule has 1 unspecified atom stereocenters. The maximum absolute atomic E-state index is 6.37. The highest BCUT2D eigenvalue weighted by molar-refractivity contribution is 9.11. The second-order valence-corrected chi connectivity index (χ2v) is 6.81. The van der Waals surface area contributed by atoms with Crippen molar-refractivity contribution in [3.05, 3.63) is 49.1 Å². The lowest BCUT2D eigenvalue weighted by atomic mass is 10.0. The zero-order chi connectivity index (χ0) is 14.9. The van der Waals surface area contributed by atoms with E-state index in [1.807, 2.05) is 36.9 Å². The number of nitrogens with zero attached hydrogens (tertiary/aromatic N) is 2. The van der Waals surface area contributed by atoms with Gasteiger partial charge in [0.05, 0.1) is 16.4 Å². The first-order valence-corrected chi connectivity index (χ1v) is 8.31. The van der Waals surface area contributed by atoms with Crippen LogP contribution in [-0.2, 0) is 19.9 Å². The highest BCUT2D eigenvalue weighted by Gasteiger charge is 2.18. The second-order valence-electron chi connectivity index (χ2n) is 4.66. The number of aromatic nitrogens is 2. The molecule has 0 bridgehead atoms. The number of benzene rings is 1. The molecule has 6 heteroatoms. The highest BCUT2D eigenvalue weighted by atomic mass is 79.9. The molecule has 1 atom stereocenters. The van der Waals surface area contributed by atoms with E-state index in [9.17, 15) is 0 Å². The van der Waals surface area contributed by atoms with E-state index in [4.69, 9.17) is 17.3 Å². The minimum atomic E-state index is -0.139. The van der Waals surface area contributed by atoms with E-state index in [1.165, 1.54) is 0 Å². The lowest BCUT2D eigenvalue weighted by molar-refractivity contribution is 0.636. The third kappa shape index (κ3) is 3.27. The molecule has 0 fully saturated rings. The van der Waals surface area contributed by atoms with E-state index in [1.54, 1.807) is 0 Å². The quantitative estimate of drug-likeness (QED) is 0.795. The molecule has 0 aliphatic rings. The molecule has 1 aromatic heterocycles. The number of halogens is 3. The molecule has 0 radical (unpaired) electrons. The van der Waals surface area contributed by atoms with Crippen LogP contribution in [0.3, 0.4) is 0 Å². The van der Waals surface area contributed by atoms with Crippen molar-refractivity contribution >= 4 is 43.5 Å². The smallest absolute Gasteiger partial charge is 0.0850 e. The average Bonchev–Trinajstić information content (AvgIpc) is 2.68. The van der Waals surface area contributed by atoms with E-state index >= 15 is 0 Å². The van der Waals surface area contributed by atoms with Crippen LogP contribution in [0.4, 0.5) is 0 Å².